The van der Waals surface area contributed by atoms with Crippen LogP contribution >= 0.6 is 11.3 Å². The fourth-order valence-corrected chi connectivity index (χ4v) is 2.30. The lowest BCUT2D eigenvalue weighted by molar-refractivity contribution is 0.176. The maximum absolute atomic E-state index is 10.8. The Morgan fingerprint density at radius 1 is 1.60 bits per heavy atom. The monoisotopic (exact) mass is 249 g/mol. The maximum atomic E-state index is 10.8. The normalized spacial score (nSPS) is 14.0. The van der Waals surface area contributed by atoms with Crippen LogP contribution in [0.5, 0.6) is 0 Å². The first kappa shape index (κ1) is 12.6. The largest absolute Gasteiger partial charge is 0.387 e. The topological polar surface area (TPSA) is 66.4 Å². The summed E-state index contributed by atoms with van der Waals surface area (Å²) in [6.07, 6.45) is 0.639. The van der Waals surface area contributed by atoms with E-state index in [1.54, 1.807) is 0 Å². The summed E-state index contributed by atoms with van der Waals surface area (Å²) in [4.78, 5) is 0. The van der Waals surface area contributed by atoms with Crippen LogP contribution in [0.25, 0.3) is 0 Å². The minimum atomic E-state index is -2.92. The molecule has 6 heteroatoms. The molecule has 1 heterocycles. The Labute approximate surface area is 93.9 Å². The summed E-state index contributed by atoms with van der Waals surface area (Å²) < 4.78 is 21.6. The van der Waals surface area contributed by atoms with Gasteiger partial charge < -0.3 is 10.4 Å². The van der Waals surface area contributed by atoms with Crippen molar-refractivity contribution in [2.24, 2.45) is 0 Å². The van der Waals surface area contributed by atoms with Crippen LogP contribution in [-0.4, -0.2) is 38.6 Å². The van der Waals surface area contributed by atoms with Crippen molar-refractivity contribution in [3.8, 4) is 0 Å². The van der Waals surface area contributed by atoms with Crippen LogP contribution in [0, 0.1) is 0 Å². The highest BCUT2D eigenvalue weighted by Crippen LogP contribution is 2.14. The third-order valence-corrected chi connectivity index (χ3v) is 3.56. The predicted molar refractivity (Wildman–Crippen MR) is 61.9 cm³/mol. The molecule has 1 aromatic heterocycles. The average molecular weight is 249 g/mol. The van der Waals surface area contributed by atoms with Crippen molar-refractivity contribution in [3.63, 3.8) is 0 Å². The number of aliphatic hydroxyl groups excluding tert-OH is 1. The third kappa shape index (κ3) is 5.27. The van der Waals surface area contributed by atoms with Gasteiger partial charge in [0.25, 0.3) is 0 Å². The highest BCUT2D eigenvalue weighted by Gasteiger charge is 2.07. The van der Waals surface area contributed by atoms with E-state index in [1.165, 1.54) is 17.6 Å². The highest BCUT2D eigenvalue weighted by molar-refractivity contribution is 7.90. The van der Waals surface area contributed by atoms with Crippen LogP contribution in [0.3, 0.4) is 0 Å². The van der Waals surface area contributed by atoms with Gasteiger partial charge in [0, 0.05) is 19.3 Å². The van der Waals surface area contributed by atoms with Gasteiger partial charge in [-0.15, -0.1) is 0 Å². The number of sulfone groups is 1. The summed E-state index contributed by atoms with van der Waals surface area (Å²) in [5.74, 6) is 0.101. The predicted octanol–water partition coefficient (Wildman–Crippen LogP) is 0.416. The molecule has 1 aromatic rings. The van der Waals surface area contributed by atoms with E-state index in [0.29, 0.717) is 13.1 Å². The van der Waals surface area contributed by atoms with Crippen LogP contribution < -0.4 is 5.32 Å². The molecule has 0 bridgehead atoms. The van der Waals surface area contributed by atoms with Gasteiger partial charge in [0.15, 0.2) is 0 Å². The maximum Gasteiger partial charge on any atom is 0.148 e. The van der Waals surface area contributed by atoms with E-state index in [9.17, 15) is 13.5 Å². The molecule has 4 nitrogen and oxygen atoms in total. The molecule has 0 aliphatic carbocycles. The van der Waals surface area contributed by atoms with Crippen molar-refractivity contribution in [2.45, 2.75) is 6.10 Å². The van der Waals surface area contributed by atoms with Gasteiger partial charge in [0.2, 0.25) is 0 Å². The SMILES string of the molecule is CS(=O)(=O)CCNCC(O)c1ccsc1. The Morgan fingerprint density at radius 2 is 2.33 bits per heavy atom. The van der Waals surface area contributed by atoms with Crippen molar-refractivity contribution in [2.75, 3.05) is 25.1 Å². The van der Waals surface area contributed by atoms with Gasteiger partial charge in [-0.25, -0.2) is 8.42 Å². The first-order valence-corrected chi connectivity index (χ1v) is 7.58. The van der Waals surface area contributed by atoms with E-state index in [2.05, 4.69) is 5.32 Å². The Bertz CT molecular complexity index is 372. The van der Waals surface area contributed by atoms with Gasteiger partial charge in [-0.2, -0.15) is 11.3 Å². The second kappa shape index (κ2) is 5.60. The number of rotatable bonds is 6. The summed E-state index contributed by atoms with van der Waals surface area (Å²) in [6.45, 7) is 0.756. The van der Waals surface area contributed by atoms with Gasteiger partial charge in [-0.1, -0.05) is 0 Å². The minimum Gasteiger partial charge on any atom is -0.387 e. The van der Waals surface area contributed by atoms with Crippen molar-refractivity contribution >= 4 is 21.2 Å². The zero-order chi connectivity index (χ0) is 11.3. The van der Waals surface area contributed by atoms with Crippen molar-refractivity contribution < 1.29 is 13.5 Å². The molecule has 0 radical (unpaired) electrons. The van der Waals surface area contributed by atoms with Gasteiger partial charge in [-0.3, -0.25) is 0 Å². The van der Waals surface area contributed by atoms with E-state index in [4.69, 9.17) is 0 Å². The lowest BCUT2D eigenvalue weighted by atomic mass is 10.2. The molecule has 0 aliphatic rings. The molecule has 0 aliphatic heterocycles. The van der Waals surface area contributed by atoms with Crippen LogP contribution in [0.15, 0.2) is 16.8 Å². The standard InChI is InChI=1S/C9H15NO3S2/c1-15(12,13)5-3-10-6-9(11)8-2-4-14-7-8/h2,4,7,9-11H,3,5-6H2,1H3. The molecule has 0 saturated carbocycles. The van der Waals surface area contributed by atoms with E-state index >= 15 is 0 Å². The Morgan fingerprint density at radius 3 is 2.87 bits per heavy atom. The molecule has 0 saturated heterocycles. The quantitative estimate of drug-likeness (QED) is 0.717. The van der Waals surface area contributed by atoms with Crippen molar-refractivity contribution in [1.29, 1.82) is 0 Å². The molecule has 1 atom stereocenters. The van der Waals surface area contributed by atoms with E-state index in [-0.39, 0.29) is 5.75 Å². The second-order valence-corrected chi connectivity index (χ2v) is 6.45. The molecule has 0 aromatic carbocycles. The average Bonchev–Trinajstić information content (AvgIpc) is 2.63. The Kier molecular flexibility index (Phi) is 4.72. The molecule has 1 unspecified atom stereocenters. The number of thiophene rings is 1. The molecule has 2 N–H and O–H groups in total. The van der Waals surface area contributed by atoms with Crippen molar-refractivity contribution in [3.05, 3.63) is 22.4 Å². The van der Waals surface area contributed by atoms with Crippen LogP contribution in [0.1, 0.15) is 11.7 Å². The van der Waals surface area contributed by atoms with E-state index < -0.39 is 15.9 Å². The molecular weight excluding hydrogens is 234 g/mol. The summed E-state index contributed by atoms with van der Waals surface area (Å²) in [6, 6.07) is 1.85. The molecule has 1 rings (SSSR count). The molecule has 0 amide bonds. The number of hydrogen-bond donors (Lipinski definition) is 2. The fourth-order valence-electron chi connectivity index (χ4n) is 1.08. The third-order valence-electron chi connectivity index (χ3n) is 1.92. The lowest BCUT2D eigenvalue weighted by Crippen LogP contribution is -2.26. The summed E-state index contributed by atoms with van der Waals surface area (Å²) in [5, 5.41) is 16.3. The Hall–Kier alpha value is -0.430. The lowest BCUT2D eigenvalue weighted by Gasteiger charge is -2.09. The first-order valence-electron chi connectivity index (χ1n) is 4.57. The zero-order valence-electron chi connectivity index (χ0n) is 8.51. The van der Waals surface area contributed by atoms with Crippen LogP contribution in [0.4, 0.5) is 0 Å². The smallest absolute Gasteiger partial charge is 0.148 e. The van der Waals surface area contributed by atoms with Crippen LogP contribution in [-0.2, 0) is 9.84 Å². The van der Waals surface area contributed by atoms with E-state index in [1.807, 2.05) is 16.8 Å². The second-order valence-electron chi connectivity index (χ2n) is 3.41. The summed E-state index contributed by atoms with van der Waals surface area (Å²) in [7, 11) is -2.92. The number of aliphatic hydroxyl groups is 1. The van der Waals surface area contributed by atoms with Gasteiger partial charge >= 0.3 is 0 Å². The summed E-state index contributed by atoms with van der Waals surface area (Å²) in [5.41, 5.74) is 0.867. The zero-order valence-corrected chi connectivity index (χ0v) is 10.1. The molecule has 0 spiro atoms. The molecular formula is C9H15NO3S2. The number of hydrogen-bond acceptors (Lipinski definition) is 5. The Balaban J connectivity index is 2.21. The van der Waals surface area contributed by atoms with Crippen LogP contribution in [0.2, 0.25) is 0 Å². The first-order chi connectivity index (χ1) is 6.99. The highest BCUT2D eigenvalue weighted by atomic mass is 32.2. The van der Waals surface area contributed by atoms with Gasteiger partial charge in [-0.05, 0) is 22.4 Å². The van der Waals surface area contributed by atoms with Crippen molar-refractivity contribution in [1.82, 2.24) is 5.32 Å². The molecule has 0 fully saturated rings. The fraction of sp³-hybridized carbons (Fsp3) is 0.556. The van der Waals surface area contributed by atoms with Gasteiger partial charge in [0.1, 0.15) is 9.84 Å². The molecule has 86 valence electrons. The molecule has 15 heavy (non-hydrogen) atoms. The number of nitrogens with one attached hydrogen (secondary N) is 1. The van der Waals surface area contributed by atoms with E-state index in [0.717, 1.165) is 5.56 Å². The van der Waals surface area contributed by atoms with Gasteiger partial charge in [0.05, 0.1) is 11.9 Å². The summed E-state index contributed by atoms with van der Waals surface area (Å²) >= 11 is 1.53. The minimum absolute atomic E-state index is 0.101.